The molecular formula is C14H23N3O2. The van der Waals surface area contributed by atoms with Crippen molar-refractivity contribution in [3.05, 3.63) is 18.0 Å². The molecule has 0 radical (unpaired) electrons. The van der Waals surface area contributed by atoms with Gasteiger partial charge in [-0.1, -0.05) is 20.3 Å². The fraction of sp³-hybridized carbons (Fsp3) is 0.643. The van der Waals surface area contributed by atoms with Gasteiger partial charge >= 0.3 is 0 Å². The van der Waals surface area contributed by atoms with Crippen LogP contribution in [0.3, 0.4) is 0 Å². The summed E-state index contributed by atoms with van der Waals surface area (Å²) in [6.45, 7) is 5.74. The third-order valence-electron chi connectivity index (χ3n) is 3.57. The fourth-order valence-corrected chi connectivity index (χ4v) is 2.73. The smallest absolute Gasteiger partial charge is 0.270 e. The molecule has 0 spiro atoms. The third-order valence-corrected chi connectivity index (χ3v) is 3.57. The molecule has 1 amide bonds. The summed E-state index contributed by atoms with van der Waals surface area (Å²) in [4.78, 5) is 14.1. The number of hydrogen-bond donors (Lipinski definition) is 2. The van der Waals surface area contributed by atoms with E-state index in [1.165, 1.54) is 0 Å². The van der Waals surface area contributed by atoms with Crippen molar-refractivity contribution in [3.63, 3.8) is 0 Å². The number of aromatic nitrogens is 1. The van der Waals surface area contributed by atoms with E-state index in [-0.39, 0.29) is 5.91 Å². The van der Waals surface area contributed by atoms with Gasteiger partial charge in [-0.05, 0) is 18.9 Å². The molecule has 19 heavy (non-hydrogen) atoms. The van der Waals surface area contributed by atoms with Gasteiger partial charge in [0.15, 0.2) is 0 Å². The van der Waals surface area contributed by atoms with Crippen molar-refractivity contribution >= 4 is 11.6 Å². The van der Waals surface area contributed by atoms with Gasteiger partial charge in [0.1, 0.15) is 5.69 Å². The van der Waals surface area contributed by atoms with E-state index in [1.807, 2.05) is 11.5 Å². The molecule has 0 unspecified atom stereocenters. The number of nitrogens with zero attached hydrogens (tertiary/aromatic N) is 2. The summed E-state index contributed by atoms with van der Waals surface area (Å²) in [5.41, 5.74) is 6.32. The first-order chi connectivity index (χ1) is 8.99. The van der Waals surface area contributed by atoms with Gasteiger partial charge in [0, 0.05) is 12.7 Å². The summed E-state index contributed by atoms with van der Waals surface area (Å²) >= 11 is 0. The van der Waals surface area contributed by atoms with E-state index in [4.69, 9.17) is 5.73 Å². The predicted molar refractivity (Wildman–Crippen MR) is 74.9 cm³/mol. The fourth-order valence-electron chi connectivity index (χ4n) is 2.73. The number of nitrogens with two attached hydrogens (primary N) is 1. The van der Waals surface area contributed by atoms with Crippen LogP contribution in [0.15, 0.2) is 12.3 Å². The van der Waals surface area contributed by atoms with Gasteiger partial charge in [-0.25, -0.2) is 0 Å². The molecule has 1 aliphatic rings. The number of hydrogen-bond acceptors (Lipinski definition) is 3. The van der Waals surface area contributed by atoms with Crippen LogP contribution in [0.5, 0.6) is 0 Å². The largest absolute Gasteiger partial charge is 0.397 e. The minimum atomic E-state index is -0.682. The number of anilines is 1. The normalized spacial score (nSPS) is 17.3. The molecule has 0 aliphatic carbocycles. The van der Waals surface area contributed by atoms with Crippen LogP contribution in [0.4, 0.5) is 5.69 Å². The molecule has 106 valence electrons. The maximum absolute atomic E-state index is 12.4. The molecule has 5 nitrogen and oxygen atoms in total. The van der Waals surface area contributed by atoms with Crippen LogP contribution in [0, 0.1) is 0 Å². The molecule has 1 aromatic heterocycles. The number of aryl methyl sites for hydroxylation is 1. The maximum Gasteiger partial charge on any atom is 0.270 e. The Morgan fingerprint density at radius 1 is 1.42 bits per heavy atom. The summed E-state index contributed by atoms with van der Waals surface area (Å²) in [6, 6.07) is 1.72. The van der Waals surface area contributed by atoms with Crippen molar-refractivity contribution in [2.45, 2.75) is 45.3 Å². The average Bonchev–Trinajstić information content (AvgIpc) is 2.67. The summed E-state index contributed by atoms with van der Waals surface area (Å²) in [7, 11) is 0. The average molecular weight is 265 g/mol. The highest BCUT2D eigenvalue weighted by Crippen LogP contribution is 2.27. The van der Waals surface area contributed by atoms with Crippen molar-refractivity contribution in [2.24, 2.45) is 0 Å². The number of rotatable bonds is 5. The highest BCUT2D eigenvalue weighted by atomic mass is 16.3. The zero-order chi connectivity index (χ0) is 14.0. The van der Waals surface area contributed by atoms with E-state index < -0.39 is 5.60 Å². The third kappa shape index (κ3) is 2.76. The zero-order valence-electron chi connectivity index (χ0n) is 11.7. The minimum absolute atomic E-state index is 0.0362. The molecule has 1 aliphatic heterocycles. The molecule has 3 N–H and O–H groups in total. The number of aliphatic hydroxyl groups is 1. The van der Waals surface area contributed by atoms with E-state index >= 15 is 0 Å². The standard InChI is InChI=1S/C14H23N3O2/c1-3-5-14(19)9-17(10-14)13(18)12-7-11(15)8-16(12)6-4-2/h7-8,19H,3-6,9-10,15H2,1-2H3. The van der Waals surface area contributed by atoms with Gasteiger partial charge in [-0.2, -0.15) is 0 Å². The van der Waals surface area contributed by atoms with Crippen LogP contribution < -0.4 is 5.73 Å². The van der Waals surface area contributed by atoms with Crippen molar-refractivity contribution in [1.29, 1.82) is 0 Å². The van der Waals surface area contributed by atoms with Crippen LogP contribution in [0.1, 0.15) is 43.6 Å². The van der Waals surface area contributed by atoms with Gasteiger partial charge in [0.25, 0.3) is 5.91 Å². The molecule has 5 heteroatoms. The molecule has 0 atom stereocenters. The molecule has 0 saturated carbocycles. The second-order valence-electron chi connectivity index (χ2n) is 5.49. The SMILES string of the molecule is CCCn1cc(N)cc1C(=O)N1CC(O)(CCC)C1. The Morgan fingerprint density at radius 3 is 2.68 bits per heavy atom. The molecule has 2 heterocycles. The van der Waals surface area contributed by atoms with Crippen molar-refractivity contribution in [2.75, 3.05) is 18.8 Å². The monoisotopic (exact) mass is 265 g/mol. The van der Waals surface area contributed by atoms with Gasteiger partial charge in [0.05, 0.1) is 24.4 Å². The van der Waals surface area contributed by atoms with Crippen molar-refractivity contribution < 1.29 is 9.90 Å². The summed E-state index contributed by atoms with van der Waals surface area (Å²) < 4.78 is 1.90. The lowest BCUT2D eigenvalue weighted by molar-refractivity contribution is -0.0863. The number of carbonyl (C=O) groups excluding carboxylic acids is 1. The number of carbonyl (C=O) groups is 1. The van der Waals surface area contributed by atoms with Gasteiger partial charge in [-0.3, -0.25) is 4.79 Å². The van der Waals surface area contributed by atoms with Crippen LogP contribution in [0.25, 0.3) is 0 Å². The van der Waals surface area contributed by atoms with E-state index in [2.05, 4.69) is 6.92 Å². The Morgan fingerprint density at radius 2 is 2.11 bits per heavy atom. The molecule has 1 fully saturated rings. The lowest BCUT2D eigenvalue weighted by Gasteiger charge is -2.46. The van der Waals surface area contributed by atoms with Gasteiger partial charge in [-0.15, -0.1) is 0 Å². The minimum Gasteiger partial charge on any atom is -0.397 e. The number of likely N-dealkylation sites (tertiary alicyclic amines) is 1. The van der Waals surface area contributed by atoms with Crippen molar-refractivity contribution in [3.8, 4) is 0 Å². The van der Waals surface area contributed by atoms with Gasteiger partial charge < -0.3 is 20.3 Å². The lowest BCUT2D eigenvalue weighted by atomic mass is 9.89. The molecule has 0 bridgehead atoms. The summed E-state index contributed by atoms with van der Waals surface area (Å²) in [5, 5.41) is 10.1. The maximum atomic E-state index is 12.4. The topological polar surface area (TPSA) is 71.5 Å². The number of nitrogen functional groups attached to an aromatic ring is 1. The van der Waals surface area contributed by atoms with E-state index in [1.54, 1.807) is 17.2 Å². The van der Waals surface area contributed by atoms with E-state index in [9.17, 15) is 9.90 Å². The Labute approximate surface area is 114 Å². The van der Waals surface area contributed by atoms with Crippen LogP contribution in [-0.4, -0.2) is 39.2 Å². The summed E-state index contributed by atoms with van der Waals surface area (Å²) in [6.07, 6.45) is 4.43. The molecule has 2 rings (SSSR count). The second kappa shape index (κ2) is 5.25. The number of amides is 1. The second-order valence-corrected chi connectivity index (χ2v) is 5.49. The van der Waals surface area contributed by atoms with E-state index in [0.717, 1.165) is 25.8 Å². The highest BCUT2D eigenvalue weighted by molar-refractivity contribution is 5.94. The molecule has 0 aromatic carbocycles. The highest BCUT2D eigenvalue weighted by Gasteiger charge is 2.43. The van der Waals surface area contributed by atoms with Gasteiger partial charge in [0.2, 0.25) is 0 Å². The van der Waals surface area contributed by atoms with Crippen LogP contribution >= 0.6 is 0 Å². The molecule has 1 aromatic rings. The zero-order valence-corrected chi connectivity index (χ0v) is 11.7. The Kier molecular flexibility index (Phi) is 3.85. The first-order valence-corrected chi connectivity index (χ1v) is 6.96. The van der Waals surface area contributed by atoms with E-state index in [0.29, 0.717) is 24.5 Å². The number of β-amino-alcohol motifs (C(OH)–C–C–N with tert-alkyl or cyclic N) is 1. The predicted octanol–water partition coefficient (Wildman–Crippen LogP) is 1.47. The van der Waals surface area contributed by atoms with Crippen LogP contribution in [-0.2, 0) is 6.54 Å². The Bertz CT molecular complexity index is 461. The van der Waals surface area contributed by atoms with Crippen molar-refractivity contribution in [1.82, 2.24) is 9.47 Å². The molecular weight excluding hydrogens is 242 g/mol. The first-order valence-electron chi connectivity index (χ1n) is 6.96. The summed E-state index contributed by atoms with van der Waals surface area (Å²) in [5.74, 6) is -0.0362. The lowest BCUT2D eigenvalue weighted by Crippen LogP contribution is -2.63. The van der Waals surface area contributed by atoms with Crippen LogP contribution in [0.2, 0.25) is 0 Å². The molecule has 1 saturated heterocycles. The first kappa shape index (κ1) is 13.9. The Hall–Kier alpha value is -1.49. The Balaban J connectivity index is 2.05. The quantitative estimate of drug-likeness (QED) is 0.847.